The zero-order valence-electron chi connectivity index (χ0n) is 10.4. The molecule has 2 aromatic heterocycles. The third-order valence-corrected chi connectivity index (χ3v) is 3.65. The average molecular weight is 287 g/mol. The van der Waals surface area contributed by atoms with Gasteiger partial charge in [-0.3, -0.25) is 9.59 Å². The van der Waals surface area contributed by atoms with Crippen LogP contribution >= 0.6 is 11.3 Å². The van der Waals surface area contributed by atoms with E-state index < -0.39 is 5.56 Å². The summed E-state index contributed by atoms with van der Waals surface area (Å²) in [5, 5.41) is 3.77. The number of thiazole rings is 1. The van der Waals surface area contributed by atoms with Crippen molar-refractivity contribution in [2.24, 2.45) is 0 Å². The lowest BCUT2D eigenvalue weighted by molar-refractivity contribution is 0.415. The highest BCUT2D eigenvalue weighted by Gasteiger charge is 2.05. The van der Waals surface area contributed by atoms with E-state index >= 15 is 0 Å². The maximum absolute atomic E-state index is 12.1. The number of rotatable bonds is 2. The third-order valence-electron chi connectivity index (χ3n) is 2.69. The van der Waals surface area contributed by atoms with E-state index in [1.807, 2.05) is 24.3 Å². The van der Waals surface area contributed by atoms with Crippen molar-refractivity contribution >= 4 is 22.4 Å². The molecule has 3 aromatic rings. The Hall–Kier alpha value is -2.54. The molecule has 2 heterocycles. The summed E-state index contributed by atoms with van der Waals surface area (Å²) in [5.41, 5.74) is 0.118. The molecule has 0 fully saturated rings. The minimum atomic E-state index is -0.456. The van der Waals surface area contributed by atoms with E-state index in [2.05, 4.69) is 10.1 Å². The molecular weight excluding hydrogens is 278 g/mol. The van der Waals surface area contributed by atoms with E-state index in [4.69, 9.17) is 4.74 Å². The van der Waals surface area contributed by atoms with E-state index in [0.29, 0.717) is 9.49 Å². The molecule has 1 aromatic carbocycles. The van der Waals surface area contributed by atoms with Gasteiger partial charge in [0.15, 0.2) is 0 Å². The van der Waals surface area contributed by atoms with Crippen LogP contribution in [0.1, 0.15) is 5.56 Å². The van der Waals surface area contributed by atoms with Gasteiger partial charge in [-0.15, -0.1) is 0 Å². The Morgan fingerprint density at radius 1 is 1.25 bits per heavy atom. The Bertz CT molecular complexity index is 928. The predicted octanol–water partition coefficient (Wildman–Crippen LogP) is 0.0675. The number of benzene rings is 1. The number of methoxy groups -OCH3 is 1. The topological polar surface area (TPSA) is 73.6 Å². The van der Waals surface area contributed by atoms with Crippen molar-refractivity contribution in [2.45, 2.75) is 0 Å². The van der Waals surface area contributed by atoms with Crippen molar-refractivity contribution in [1.29, 1.82) is 0 Å². The summed E-state index contributed by atoms with van der Waals surface area (Å²) in [6.07, 6.45) is 2.76. The fourth-order valence-electron chi connectivity index (χ4n) is 1.72. The molecule has 0 aliphatic carbocycles. The molecule has 100 valence electrons. The second-order valence-electron chi connectivity index (χ2n) is 3.98. The molecule has 0 aliphatic rings. The highest BCUT2D eigenvalue weighted by molar-refractivity contribution is 7.15. The van der Waals surface area contributed by atoms with Crippen LogP contribution in [0.2, 0.25) is 0 Å². The van der Waals surface area contributed by atoms with E-state index in [1.165, 1.54) is 0 Å². The number of nitrogens with zero attached hydrogens (tertiary/aromatic N) is 3. The van der Waals surface area contributed by atoms with Crippen LogP contribution in [-0.2, 0) is 0 Å². The number of aromatic nitrogens is 3. The van der Waals surface area contributed by atoms with Crippen LogP contribution in [0.3, 0.4) is 0 Å². The van der Waals surface area contributed by atoms with Gasteiger partial charge < -0.3 is 4.74 Å². The molecular formula is C13H9N3O3S. The van der Waals surface area contributed by atoms with Crippen LogP contribution in [0.15, 0.2) is 40.1 Å². The van der Waals surface area contributed by atoms with Crippen molar-refractivity contribution < 1.29 is 4.74 Å². The Balaban J connectivity index is 2.17. The summed E-state index contributed by atoms with van der Waals surface area (Å²) in [5.74, 6) is 0.745. The van der Waals surface area contributed by atoms with E-state index in [1.54, 1.807) is 13.2 Å². The van der Waals surface area contributed by atoms with Crippen LogP contribution in [0.25, 0.3) is 11.0 Å². The molecule has 0 unspecified atom stereocenters. The molecule has 0 saturated carbocycles. The average Bonchev–Trinajstić information content (AvgIpc) is 2.75. The molecule has 0 N–H and O–H groups in total. The Morgan fingerprint density at radius 3 is 2.70 bits per heavy atom. The van der Waals surface area contributed by atoms with Gasteiger partial charge in [-0.05, 0) is 23.8 Å². The van der Waals surface area contributed by atoms with Gasteiger partial charge in [0.2, 0.25) is 4.96 Å². The van der Waals surface area contributed by atoms with Crippen molar-refractivity contribution in [3.05, 3.63) is 61.3 Å². The maximum atomic E-state index is 12.1. The van der Waals surface area contributed by atoms with Gasteiger partial charge in [-0.25, -0.2) is 0 Å². The lowest BCUT2D eigenvalue weighted by Crippen LogP contribution is -2.25. The molecule has 20 heavy (non-hydrogen) atoms. The number of fused-ring (bicyclic) bond motifs is 1. The minimum Gasteiger partial charge on any atom is -0.497 e. The number of hydrogen-bond acceptors (Lipinski definition) is 6. The quantitative estimate of drug-likeness (QED) is 0.667. The van der Waals surface area contributed by atoms with Crippen LogP contribution in [0.4, 0.5) is 0 Å². The first-order valence-electron chi connectivity index (χ1n) is 5.72. The van der Waals surface area contributed by atoms with Crippen LogP contribution in [0, 0.1) is 0 Å². The summed E-state index contributed by atoms with van der Waals surface area (Å²) < 4.78 is 6.67. The fourth-order valence-corrected chi connectivity index (χ4v) is 2.64. The first-order valence-corrected chi connectivity index (χ1v) is 6.54. The van der Waals surface area contributed by atoms with E-state index in [9.17, 15) is 9.59 Å². The fraction of sp³-hybridized carbons (Fsp3) is 0.0769. The van der Waals surface area contributed by atoms with Gasteiger partial charge in [0, 0.05) is 0 Å². The molecule has 0 aliphatic heterocycles. The zero-order valence-corrected chi connectivity index (χ0v) is 11.3. The lowest BCUT2D eigenvalue weighted by atomic mass is 10.2. The first kappa shape index (κ1) is 12.5. The summed E-state index contributed by atoms with van der Waals surface area (Å²) >= 11 is 1.13. The third kappa shape index (κ3) is 2.19. The summed E-state index contributed by atoms with van der Waals surface area (Å²) in [4.78, 5) is 27.2. The summed E-state index contributed by atoms with van der Waals surface area (Å²) in [7, 11) is 1.59. The van der Waals surface area contributed by atoms with Gasteiger partial charge in [-0.1, -0.05) is 23.5 Å². The van der Waals surface area contributed by atoms with Crippen LogP contribution in [0.5, 0.6) is 5.75 Å². The van der Waals surface area contributed by atoms with Gasteiger partial charge in [0.25, 0.3) is 11.1 Å². The normalized spacial score (nSPS) is 11.9. The molecule has 0 atom stereocenters. The van der Waals surface area contributed by atoms with E-state index in [0.717, 1.165) is 33.4 Å². The molecule has 0 saturated heterocycles. The molecule has 0 bridgehead atoms. The second kappa shape index (κ2) is 4.86. The standard InChI is InChI=1S/C13H9N3O3S/c1-19-9-4-2-8(3-5-9)6-10-12(18)16-13(20-10)15-11(17)7-14-16/h2-7H,1H3/b10-6-. The predicted molar refractivity (Wildman–Crippen MR) is 75.2 cm³/mol. The SMILES string of the molecule is COc1ccc(/C=c2\sc3nc(=O)cnn3c2=O)cc1. The second-order valence-corrected chi connectivity index (χ2v) is 4.99. The summed E-state index contributed by atoms with van der Waals surface area (Å²) in [6, 6.07) is 7.30. The van der Waals surface area contributed by atoms with Gasteiger partial charge in [0.1, 0.15) is 11.9 Å². The Labute approximate surface area is 116 Å². The van der Waals surface area contributed by atoms with Gasteiger partial charge >= 0.3 is 0 Å². The van der Waals surface area contributed by atoms with Crippen LogP contribution < -0.4 is 20.4 Å². The molecule has 0 spiro atoms. The molecule has 7 heteroatoms. The highest BCUT2D eigenvalue weighted by Crippen LogP contribution is 2.11. The van der Waals surface area contributed by atoms with Gasteiger partial charge in [-0.2, -0.15) is 14.6 Å². The molecule has 0 amide bonds. The maximum Gasteiger partial charge on any atom is 0.292 e. The first-order chi connectivity index (χ1) is 9.67. The lowest BCUT2D eigenvalue weighted by Gasteiger charge is -1.98. The molecule has 0 radical (unpaired) electrons. The summed E-state index contributed by atoms with van der Waals surface area (Å²) in [6.45, 7) is 0. The Morgan fingerprint density at radius 2 is 2.00 bits per heavy atom. The van der Waals surface area contributed by atoms with Crippen molar-refractivity contribution in [3.63, 3.8) is 0 Å². The molecule has 3 rings (SSSR count). The Kier molecular flexibility index (Phi) is 3.03. The smallest absolute Gasteiger partial charge is 0.292 e. The number of hydrogen-bond donors (Lipinski definition) is 0. The van der Waals surface area contributed by atoms with Gasteiger partial charge in [0.05, 0.1) is 11.6 Å². The van der Waals surface area contributed by atoms with E-state index in [-0.39, 0.29) is 5.56 Å². The highest BCUT2D eigenvalue weighted by atomic mass is 32.1. The monoisotopic (exact) mass is 287 g/mol. The number of ether oxygens (including phenoxy) is 1. The largest absolute Gasteiger partial charge is 0.497 e. The minimum absolute atomic E-state index is 0.284. The van der Waals surface area contributed by atoms with Crippen molar-refractivity contribution in [3.8, 4) is 5.75 Å². The zero-order chi connectivity index (χ0) is 14.1. The van der Waals surface area contributed by atoms with Crippen LogP contribution in [-0.4, -0.2) is 21.7 Å². The van der Waals surface area contributed by atoms with Crippen molar-refractivity contribution in [2.75, 3.05) is 7.11 Å². The van der Waals surface area contributed by atoms with Crippen molar-refractivity contribution in [1.82, 2.24) is 14.6 Å². The molecule has 6 nitrogen and oxygen atoms in total.